The van der Waals surface area contributed by atoms with E-state index >= 15 is 0 Å². The summed E-state index contributed by atoms with van der Waals surface area (Å²) in [5.74, 6) is 0. The van der Waals surface area contributed by atoms with Gasteiger partial charge < -0.3 is 20.6 Å². The van der Waals surface area contributed by atoms with Gasteiger partial charge in [0.1, 0.15) is 0 Å². The van der Waals surface area contributed by atoms with Crippen molar-refractivity contribution in [2.24, 2.45) is 0 Å². The molecule has 0 spiro atoms. The number of carbonyl (C=O) groups is 1. The number of benzene rings is 1. The number of unbranched alkanes of at least 4 members (excludes halogenated alkanes) is 1. The monoisotopic (exact) mass is 319 g/mol. The maximum absolute atomic E-state index is 11.7. The van der Waals surface area contributed by atoms with Gasteiger partial charge in [0.15, 0.2) is 0 Å². The number of carbonyl (C=O) groups excluding carboxylic acids is 1. The largest absolute Gasteiger partial charge is 0.388 e. The van der Waals surface area contributed by atoms with Crippen molar-refractivity contribution in [3.05, 3.63) is 30.3 Å². The predicted octanol–water partition coefficient (Wildman–Crippen LogP) is 2.51. The molecule has 5 heteroatoms. The predicted molar refractivity (Wildman–Crippen MR) is 93.8 cm³/mol. The van der Waals surface area contributed by atoms with E-state index in [1.165, 1.54) is 5.69 Å². The molecular formula is C18H29N3O2. The van der Waals surface area contributed by atoms with Crippen LogP contribution in [0.5, 0.6) is 0 Å². The van der Waals surface area contributed by atoms with Crippen molar-refractivity contribution in [3.8, 4) is 0 Å². The van der Waals surface area contributed by atoms with Crippen molar-refractivity contribution < 1.29 is 9.90 Å². The number of nitrogens with zero attached hydrogens (tertiary/aromatic N) is 1. The standard InChI is InChI=1S/C18H29N3O2/c1-21(16-9-3-2-4-10-16)14-8-7-13-19-17(22)20-15-18(23)11-5-6-12-18/h2-4,9-10,23H,5-8,11-15H2,1H3,(H2,19,20,22). The van der Waals surface area contributed by atoms with Gasteiger partial charge in [-0.2, -0.15) is 0 Å². The summed E-state index contributed by atoms with van der Waals surface area (Å²) in [5.41, 5.74) is 0.526. The Hall–Kier alpha value is -1.75. The van der Waals surface area contributed by atoms with Gasteiger partial charge in [0.05, 0.1) is 5.60 Å². The zero-order chi connectivity index (χ0) is 16.5. The summed E-state index contributed by atoms with van der Waals surface area (Å²) in [6.45, 7) is 1.98. The van der Waals surface area contributed by atoms with E-state index in [1.54, 1.807) is 0 Å². The van der Waals surface area contributed by atoms with Crippen molar-refractivity contribution in [3.63, 3.8) is 0 Å². The van der Waals surface area contributed by atoms with Gasteiger partial charge in [-0.1, -0.05) is 31.0 Å². The number of anilines is 1. The van der Waals surface area contributed by atoms with Gasteiger partial charge in [-0.3, -0.25) is 0 Å². The Bertz CT molecular complexity index is 472. The lowest BCUT2D eigenvalue weighted by Crippen LogP contribution is -2.45. The van der Waals surface area contributed by atoms with Gasteiger partial charge in [-0.05, 0) is 37.8 Å². The molecule has 5 nitrogen and oxygen atoms in total. The fraction of sp³-hybridized carbons (Fsp3) is 0.611. The molecule has 0 atom stereocenters. The summed E-state index contributed by atoms with van der Waals surface area (Å²) in [7, 11) is 2.08. The van der Waals surface area contributed by atoms with Crippen LogP contribution in [0, 0.1) is 0 Å². The fourth-order valence-corrected chi connectivity index (χ4v) is 3.00. The minimum atomic E-state index is -0.685. The van der Waals surface area contributed by atoms with E-state index < -0.39 is 5.60 Å². The van der Waals surface area contributed by atoms with Gasteiger partial charge in [0.25, 0.3) is 0 Å². The summed E-state index contributed by atoms with van der Waals surface area (Å²) >= 11 is 0. The SMILES string of the molecule is CN(CCCCNC(=O)NCC1(O)CCCC1)c1ccccc1. The Morgan fingerprint density at radius 3 is 2.57 bits per heavy atom. The van der Waals surface area contributed by atoms with Crippen LogP contribution in [-0.4, -0.2) is 43.4 Å². The van der Waals surface area contributed by atoms with Crippen LogP contribution in [0.25, 0.3) is 0 Å². The molecule has 2 rings (SSSR count). The Morgan fingerprint density at radius 1 is 1.17 bits per heavy atom. The van der Waals surface area contributed by atoms with E-state index in [9.17, 15) is 9.90 Å². The lowest BCUT2D eigenvalue weighted by atomic mass is 10.0. The molecule has 0 heterocycles. The fourth-order valence-electron chi connectivity index (χ4n) is 3.00. The molecule has 0 bridgehead atoms. The highest BCUT2D eigenvalue weighted by Crippen LogP contribution is 2.28. The van der Waals surface area contributed by atoms with Gasteiger partial charge >= 0.3 is 6.03 Å². The molecule has 1 saturated carbocycles. The first-order valence-corrected chi connectivity index (χ1v) is 8.59. The van der Waals surface area contributed by atoms with Crippen molar-refractivity contribution in [2.75, 3.05) is 31.6 Å². The number of para-hydroxylation sites is 1. The molecule has 2 amide bonds. The number of nitrogens with one attached hydrogen (secondary N) is 2. The highest BCUT2D eigenvalue weighted by atomic mass is 16.3. The average molecular weight is 319 g/mol. The van der Waals surface area contributed by atoms with Gasteiger partial charge in [-0.25, -0.2) is 4.79 Å². The Balaban J connectivity index is 1.52. The Kier molecular flexibility index (Phi) is 6.71. The minimum Gasteiger partial charge on any atom is -0.388 e. The molecule has 1 aliphatic carbocycles. The minimum absolute atomic E-state index is 0.179. The number of hydrogen-bond acceptors (Lipinski definition) is 3. The summed E-state index contributed by atoms with van der Waals surface area (Å²) in [6, 6.07) is 10.1. The van der Waals surface area contributed by atoms with Crippen LogP contribution in [-0.2, 0) is 0 Å². The molecular weight excluding hydrogens is 290 g/mol. The molecule has 0 saturated heterocycles. The quantitative estimate of drug-likeness (QED) is 0.645. The molecule has 1 aliphatic rings. The smallest absolute Gasteiger partial charge is 0.314 e. The van der Waals surface area contributed by atoms with Crippen LogP contribution in [0.3, 0.4) is 0 Å². The number of rotatable bonds is 8. The molecule has 0 unspecified atom stereocenters. The third-order valence-electron chi connectivity index (χ3n) is 4.52. The lowest BCUT2D eigenvalue weighted by molar-refractivity contribution is 0.0501. The van der Waals surface area contributed by atoms with Crippen LogP contribution >= 0.6 is 0 Å². The van der Waals surface area contributed by atoms with Crippen molar-refractivity contribution in [1.29, 1.82) is 0 Å². The third kappa shape index (κ3) is 6.10. The maximum atomic E-state index is 11.7. The van der Waals surface area contributed by atoms with Crippen LogP contribution in [0.1, 0.15) is 38.5 Å². The molecule has 0 aliphatic heterocycles. The highest BCUT2D eigenvalue weighted by molar-refractivity contribution is 5.73. The Labute approximate surface area is 139 Å². The summed E-state index contributed by atoms with van der Waals surface area (Å²) in [4.78, 5) is 13.9. The first-order chi connectivity index (χ1) is 11.1. The summed E-state index contributed by atoms with van der Waals surface area (Å²) in [5, 5.41) is 15.8. The van der Waals surface area contributed by atoms with E-state index in [1.807, 2.05) is 18.2 Å². The summed E-state index contributed by atoms with van der Waals surface area (Å²) in [6.07, 6.45) is 5.64. The molecule has 0 radical (unpaired) electrons. The zero-order valence-corrected chi connectivity index (χ0v) is 14.1. The first kappa shape index (κ1) is 17.6. The van der Waals surface area contributed by atoms with Crippen LogP contribution in [0.4, 0.5) is 10.5 Å². The second-order valence-electron chi connectivity index (χ2n) is 6.51. The molecule has 23 heavy (non-hydrogen) atoms. The second-order valence-corrected chi connectivity index (χ2v) is 6.51. The molecule has 1 fully saturated rings. The number of hydrogen-bond donors (Lipinski definition) is 3. The van der Waals surface area contributed by atoms with Gasteiger partial charge in [0.2, 0.25) is 0 Å². The number of aliphatic hydroxyl groups is 1. The number of amides is 2. The average Bonchev–Trinajstić information content (AvgIpc) is 3.00. The van der Waals surface area contributed by atoms with E-state index in [0.717, 1.165) is 45.1 Å². The molecule has 128 valence electrons. The second kappa shape index (κ2) is 8.77. The van der Waals surface area contributed by atoms with Crippen molar-refractivity contribution in [2.45, 2.75) is 44.1 Å². The zero-order valence-electron chi connectivity index (χ0n) is 14.1. The maximum Gasteiger partial charge on any atom is 0.314 e. The van der Waals surface area contributed by atoms with Crippen molar-refractivity contribution >= 4 is 11.7 Å². The van der Waals surface area contributed by atoms with Crippen molar-refractivity contribution in [1.82, 2.24) is 10.6 Å². The first-order valence-electron chi connectivity index (χ1n) is 8.59. The summed E-state index contributed by atoms with van der Waals surface area (Å²) < 4.78 is 0. The third-order valence-corrected chi connectivity index (χ3v) is 4.52. The van der Waals surface area contributed by atoms with Crippen LogP contribution in [0.15, 0.2) is 30.3 Å². The Morgan fingerprint density at radius 2 is 1.87 bits per heavy atom. The topological polar surface area (TPSA) is 64.6 Å². The van der Waals surface area contributed by atoms with E-state index in [2.05, 4.69) is 34.7 Å². The van der Waals surface area contributed by atoms with Gasteiger partial charge in [0, 0.05) is 32.4 Å². The highest BCUT2D eigenvalue weighted by Gasteiger charge is 2.31. The lowest BCUT2D eigenvalue weighted by Gasteiger charge is -2.22. The normalized spacial score (nSPS) is 16.1. The molecule has 0 aromatic heterocycles. The van der Waals surface area contributed by atoms with Crippen LogP contribution < -0.4 is 15.5 Å². The van der Waals surface area contributed by atoms with E-state index in [-0.39, 0.29) is 6.03 Å². The molecule has 3 N–H and O–H groups in total. The van der Waals surface area contributed by atoms with Crippen LogP contribution in [0.2, 0.25) is 0 Å². The van der Waals surface area contributed by atoms with Gasteiger partial charge in [-0.15, -0.1) is 0 Å². The molecule has 1 aromatic carbocycles. The molecule has 1 aromatic rings. The van der Waals surface area contributed by atoms with E-state index in [4.69, 9.17) is 0 Å². The van der Waals surface area contributed by atoms with E-state index in [0.29, 0.717) is 13.1 Å². The number of urea groups is 1.